The topological polar surface area (TPSA) is 35.8 Å². The van der Waals surface area contributed by atoms with E-state index in [1.54, 1.807) is 0 Å². The molecule has 0 saturated carbocycles. The number of hydrogen-bond donors (Lipinski definition) is 1. The third kappa shape index (κ3) is 2.85. The molecule has 1 saturated heterocycles. The Morgan fingerprint density at radius 1 is 1.44 bits per heavy atom. The number of piperidine rings is 1. The average molecular weight is 254 g/mol. The van der Waals surface area contributed by atoms with Crippen LogP contribution in [0.4, 0.5) is 8.78 Å². The molecule has 0 amide bonds. The van der Waals surface area contributed by atoms with Crippen LogP contribution in [0.25, 0.3) is 0 Å². The second kappa shape index (κ2) is 5.44. The molecule has 18 heavy (non-hydrogen) atoms. The first-order chi connectivity index (χ1) is 8.60. The number of benzene rings is 1. The van der Waals surface area contributed by atoms with Crippen LogP contribution in [0.1, 0.15) is 18.9 Å². The zero-order valence-corrected chi connectivity index (χ0v) is 10.2. The SMILES string of the molecule is CC1CN(Cc2ccc(F)cc2F)CC/C1=N\O. The molecule has 0 aromatic heterocycles. The van der Waals surface area contributed by atoms with Crippen molar-refractivity contribution < 1.29 is 14.0 Å². The quantitative estimate of drug-likeness (QED) is 0.650. The van der Waals surface area contributed by atoms with Gasteiger partial charge in [0.1, 0.15) is 11.6 Å². The van der Waals surface area contributed by atoms with E-state index in [1.165, 1.54) is 12.1 Å². The van der Waals surface area contributed by atoms with Crippen LogP contribution in [0.3, 0.4) is 0 Å². The molecular formula is C13H16F2N2O. The van der Waals surface area contributed by atoms with E-state index in [4.69, 9.17) is 5.21 Å². The van der Waals surface area contributed by atoms with Gasteiger partial charge in [-0.15, -0.1) is 0 Å². The number of nitrogens with zero attached hydrogens (tertiary/aromatic N) is 2. The van der Waals surface area contributed by atoms with Gasteiger partial charge in [0.15, 0.2) is 0 Å². The first-order valence-electron chi connectivity index (χ1n) is 5.97. The molecule has 5 heteroatoms. The highest BCUT2D eigenvalue weighted by Crippen LogP contribution is 2.18. The lowest BCUT2D eigenvalue weighted by Crippen LogP contribution is -2.39. The summed E-state index contributed by atoms with van der Waals surface area (Å²) < 4.78 is 26.3. The highest BCUT2D eigenvalue weighted by Gasteiger charge is 2.23. The first-order valence-corrected chi connectivity index (χ1v) is 5.97. The summed E-state index contributed by atoms with van der Waals surface area (Å²) in [5.41, 5.74) is 1.28. The van der Waals surface area contributed by atoms with E-state index >= 15 is 0 Å². The lowest BCUT2D eigenvalue weighted by molar-refractivity contribution is 0.226. The third-order valence-corrected chi connectivity index (χ3v) is 3.32. The molecule has 2 rings (SSSR count). The standard InChI is InChI=1S/C13H16F2N2O/c1-9-7-17(5-4-13(9)16-18)8-10-2-3-11(14)6-12(10)15/h2-3,6,9,18H,4-5,7-8H2,1H3/b16-13+. The summed E-state index contributed by atoms with van der Waals surface area (Å²) >= 11 is 0. The van der Waals surface area contributed by atoms with Gasteiger partial charge in [0, 0.05) is 43.6 Å². The summed E-state index contributed by atoms with van der Waals surface area (Å²) in [6.45, 7) is 3.87. The Balaban J connectivity index is 2.02. The van der Waals surface area contributed by atoms with E-state index in [0.717, 1.165) is 24.9 Å². The Kier molecular flexibility index (Phi) is 3.91. The van der Waals surface area contributed by atoms with Crippen molar-refractivity contribution in [1.29, 1.82) is 0 Å². The van der Waals surface area contributed by atoms with Crippen LogP contribution in [-0.2, 0) is 6.54 Å². The minimum atomic E-state index is -0.557. The Labute approximate surface area is 105 Å². The number of halogens is 2. The second-order valence-electron chi connectivity index (χ2n) is 4.71. The van der Waals surface area contributed by atoms with Gasteiger partial charge in [0.25, 0.3) is 0 Å². The molecule has 0 aliphatic carbocycles. The van der Waals surface area contributed by atoms with Crippen molar-refractivity contribution >= 4 is 5.71 Å². The van der Waals surface area contributed by atoms with Gasteiger partial charge in [0.2, 0.25) is 0 Å². The van der Waals surface area contributed by atoms with Crippen molar-refractivity contribution in [3.8, 4) is 0 Å². The Bertz CT molecular complexity index is 462. The van der Waals surface area contributed by atoms with Crippen molar-refractivity contribution in [2.24, 2.45) is 11.1 Å². The van der Waals surface area contributed by atoms with Crippen molar-refractivity contribution in [3.05, 3.63) is 35.4 Å². The summed E-state index contributed by atoms with van der Waals surface area (Å²) in [6, 6.07) is 3.65. The smallest absolute Gasteiger partial charge is 0.130 e. The molecule has 1 aromatic carbocycles. The average Bonchev–Trinajstić information content (AvgIpc) is 2.33. The Morgan fingerprint density at radius 3 is 2.83 bits per heavy atom. The van der Waals surface area contributed by atoms with Crippen LogP contribution >= 0.6 is 0 Å². The number of oxime groups is 1. The molecule has 1 atom stereocenters. The second-order valence-corrected chi connectivity index (χ2v) is 4.71. The van der Waals surface area contributed by atoms with Gasteiger partial charge in [-0.25, -0.2) is 8.78 Å². The minimum absolute atomic E-state index is 0.159. The van der Waals surface area contributed by atoms with Crippen LogP contribution in [-0.4, -0.2) is 28.9 Å². The highest BCUT2D eigenvalue weighted by molar-refractivity contribution is 5.86. The van der Waals surface area contributed by atoms with Crippen molar-refractivity contribution in [2.75, 3.05) is 13.1 Å². The largest absolute Gasteiger partial charge is 0.411 e. The fourth-order valence-electron chi connectivity index (χ4n) is 2.29. The van der Waals surface area contributed by atoms with Gasteiger partial charge in [-0.3, -0.25) is 4.90 Å². The van der Waals surface area contributed by atoms with Crippen molar-refractivity contribution in [2.45, 2.75) is 19.9 Å². The number of hydrogen-bond acceptors (Lipinski definition) is 3. The van der Waals surface area contributed by atoms with Gasteiger partial charge in [0.05, 0.1) is 5.71 Å². The lowest BCUT2D eigenvalue weighted by Gasteiger charge is -2.31. The molecule has 1 aliphatic rings. The van der Waals surface area contributed by atoms with Crippen LogP contribution in [0.15, 0.2) is 23.4 Å². The molecule has 0 radical (unpaired) electrons. The van der Waals surface area contributed by atoms with Gasteiger partial charge >= 0.3 is 0 Å². The number of likely N-dealkylation sites (tertiary alicyclic amines) is 1. The van der Waals surface area contributed by atoms with Crippen LogP contribution < -0.4 is 0 Å². The predicted molar refractivity (Wildman–Crippen MR) is 64.6 cm³/mol. The van der Waals surface area contributed by atoms with Gasteiger partial charge in [-0.2, -0.15) is 0 Å². The van der Waals surface area contributed by atoms with E-state index in [2.05, 4.69) is 10.1 Å². The van der Waals surface area contributed by atoms with Crippen LogP contribution in [0, 0.1) is 17.6 Å². The predicted octanol–water partition coefficient (Wildman–Crippen LogP) is 2.64. The maximum Gasteiger partial charge on any atom is 0.130 e. The fourth-order valence-corrected chi connectivity index (χ4v) is 2.29. The molecule has 1 heterocycles. The first kappa shape index (κ1) is 13.0. The normalized spacial score (nSPS) is 23.5. The van der Waals surface area contributed by atoms with E-state index in [0.29, 0.717) is 18.5 Å². The van der Waals surface area contributed by atoms with E-state index < -0.39 is 11.6 Å². The van der Waals surface area contributed by atoms with E-state index in [-0.39, 0.29) is 5.92 Å². The molecule has 98 valence electrons. The monoisotopic (exact) mass is 254 g/mol. The van der Waals surface area contributed by atoms with Crippen molar-refractivity contribution in [3.63, 3.8) is 0 Å². The summed E-state index contributed by atoms with van der Waals surface area (Å²) in [7, 11) is 0. The number of rotatable bonds is 2. The fraction of sp³-hybridized carbons (Fsp3) is 0.462. The van der Waals surface area contributed by atoms with Gasteiger partial charge < -0.3 is 5.21 Å². The molecule has 1 fully saturated rings. The third-order valence-electron chi connectivity index (χ3n) is 3.32. The molecule has 1 aliphatic heterocycles. The zero-order valence-electron chi connectivity index (χ0n) is 10.2. The molecule has 0 bridgehead atoms. The summed E-state index contributed by atoms with van der Waals surface area (Å²) in [5.74, 6) is -0.908. The maximum atomic E-state index is 13.5. The lowest BCUT2D eigenvalue weighted by atomic mass is 9.97. The van der Waals surface area contributed by atoms with E-state index in [1.807, 2.05) is 6.92 Å². The molecule has 3 nitrogen and oxygen atoms in total. The highest BCUT2D eigenvalue weighted by atomic mass is 19.1. The molecule has 0 spiro atoms. The maximum absolute atomic E-state index is 13.5. The summed E-state index contributed by atoms with van der Waals surface area (Å²) in [4.78, 5) is 2.08. The molecule has 1 N–H and O–H groups in total. The van der Waals surface area contributed by atoms with Gasteiger partial charge in [-0.1, -0.05) is 18.1 Å². The molecule has 1 unspecified atom stereocenters. The minimum Gasteiger partial charge on any atom is -0.411 e. The zero-order chi connectivity index (χ0) is 13.1. The van der Waals surface area contributed by atoms with Crippen molar-refractivity contribution in [1.82, 2.24) is 4.90 Å². The summed E-state index contributed by atoms with van der Waals surface area (Å²) in [6.07, 6.45) is 0.681. The van der Waals surface area contributed by atoms with Crippen LogP contribution in [0.5, 0.6) is 0 Å². The molecular weight excluding hydrogens is 238 g/mol. The Hall–Kier alpha value is -1.49. The van der Waals surface area contributed by atoms with E-state index in [9.17, 15) is 8.78 Å². The van der Waals surface area contributed by atoms with Gasteiger partial charge in [-0.05, 0) is 6.07 Å². The molecule has 1 aromatic rings. The Morgan fingerprint density at radius 2 is 2.22 bits per heavy atom. The van der Waals surface area contributed by atoms with Crippen LogP contribution in [0.2, 0.25) is 0 Å². The summed E-state index contributed by atoms with van der Waals surface area (Å²) in [5, 5.41) is 12.0.